The van der Waals surface area contributed by atoms with E-state index in [1.807, 2.05) is 12.1 Å². The van der Waals surface area contributed by atoms with Crippen molar-refractivity contribution in [2.24, 2.45) is 0 Å². The number of aromatic hydroxyl groups is 1. The van der Waals surface area contributed by atoms with Gasteiger partial charge in [-0.15, -0.1) is 0 Å². The molecule has 1 N–H and O–H groups in total. The van der Waals surface area contributed by atoms with E-state index >= 15 is 0 Å². The van der Waals surface area contributed by atoms with Gasteiger partial charge in [0.05, 0.1) is 0 Å². The molecular weight excluding hydrogens is 223 g/mol. The Morgan fingerprint density at radius 2 is 1.50 bits per heavy atom. The molecule has 0 atom stereocenters. The monoisotopic (exact) mass is 246 g/mol. The summed E-state index contributed by atoms with van der Waals surface area (Å²) >= 11 is 0. The van der Waals surface area contributed by atoms with Crippen molar-refractivity contribution in [1.29, 1.82) is 0 Å². The fourth-order valence-corrected chi connectivity index (χ4v) is 1.77. The van der Waals surface area contributed by atoms with Crippen molar-refractivity contribution >= 4 is 0 Å². The number of benzene rings is 1. The van der Waals surface area contributed by atoms with Crippen LogP contribution in [0.3, 0.4) is 0 Å². The molecule has 0 aliphatic heterocycles. The molecule has 0 amide bonds. The zero-order valence-corrected chi connectivity index (χ0v) is 13.8. The maximum Gasteiger partial charge on any atom is 1.00 e. The third-order valence-electron chi connectivity index (χ3n) is 2.76. The molecule has 1 aromatic rings. The van der Waals surface area contributed by atoms with Crippen LogP contribution < -0.4 is 51.4 Å². The van der Waals surface area contributed by atoms with Gasteiger partial charge in [-0.25, -0.2) is 0 Å². The minimum atomic E-state index is 0. The summed E-state index contributed by atoms with van der Waals surface area (Å²) in [5.74, 6) is 0.363. The number of hydrogen-bond acceptors (Lipinski definition) is 1. The predicted octanol–water partition coefficient (Wildman–Crippen LogP) is 1.41. The second-order valence-corrected chi connectivity index (χ2v) is 4.18. The van der Waals surface area contributed by atoms with Gasteiger partial charge in [0.1, 0.15) is 5.75 Å². The number of unbranched alkanes of at least 4 members (excludes halogenated alkanes) is 5. The second kappa shape index (κ2) is 10.8. The molecule has 0 saturated carbocycles. The molecule has 0 aliphatic rings. The summed E-state index contributed by atoms with van der Waals surface area (Å²) < 4.78 is 0. The topological polar surface area (TPSA) is 20.2 Å². The van der Waals surface area contributed by atoms with E-state index in [2.05, 4.69) is 6.92 Å². The van der Waals surface area contributed by atoms with Crippen molar-refractivity contribution in [3.8, 4) is 5.75 Å². The fraction of sp³-hybridized carbons (Fsp3) is 0.571. The average molecular weight is 246 g/mol. The van der Waals surface area contributed by atoms with E-state index in [4.69, 9.17) is 5.11 Å². The first kappa shape index (κ1) is 16.7. The van der Waals surface area contributed by atoms with Crippen LogP contribution >= 0.6 is 0 Å². The van der Waals surface area contributed by atoms with Gasteiger partial charge in [0.15, 0.2) is 0 Å². The minimum Gasteiger partial charge on any atom is -1.00 e. The molecule has 0 saturated heterocycles. The number of aryl methyl sites for hydroxylation is 1. The molecule has 0 fully saturated rings. The van der Waals surface area contributed by atoms with Gasteiger partial charge in [-0.1, -0.05) is 51.2 Å². The number of phenols is 1. The molecule has 1 nitrogen and oxygen atoms in total. The van der Waals surface area contributed by atoms with Crippen molar-refractivity contribution in [2.45, 2.75) is 51.9 Å². The van der Waals surface area contributed by atoms with E-state index in [1.54, 1.807) is 12.1 Å². The van der Waals surface area contributed by atoms with Crippen LogP contribution in [0.25, 0.3) is 0 Å². The summed E-state index contributed by atoms with van der Waals surface area (Å²) in [7, 11) is 0. The minimum absolute atomic E-state index is 0. The molecule has 0 aromatic heterocycles. The Kier molecular flexibility index (Phi) is 11.2. The number of phenolic OH excluding ortho intramolecular Hbond substituents is 1. The summed E-state index contributed by atoms with van der Waals surface area (Å²) in [6.07, 6.45) is 9.19. The molecular formula is C14H23KO. The molecule has 0 heterocycles. The second-order valence-electron chi connectivity index (χ2n) is 4.18. The summed E-state index contributed by atoms with van der Waals surface area (Å²) in [4.78, 5) is 0. The molecule has 0 bridgehead atoms. The van der Waals surface area contributed by atoms with Crippen LogP contribution in [-0.4, -0.2) is 5.11 Å². The Morgan fingerprint density at radius 3 is 2.12 bits per heavy atom. The predicted molar refractivity (Wildman–Crippen MR) is 66.3 cm³/mol. The number of hydrogen-bond donors (Lipinski definition) is 1. The Bertz CT molecular complexity index is 261. The van der Waals surface area contributed by atoms with E-state index < -0.39 is 0 Å². The van der Waals surface area contributed by atoms with Crippen molar-refractivity contribution in [1.82, 2.24) is 0 Å². The smallest absolute Gasteiger partial charge is 1.00 e. The van der Waals surface area contributed by atoms with Crippen LogP contribution in [0, 0.1) is 0 Å². The maximum atomic E-state index is 9.13. The first-order valence-corrected chi connectivity index (χ1v) is 6.11. The maximum absolute atomic E-state index is 9.13. The summed E-state index contributed by atoms with van der Waals surface area (Å²) in [6, 6.07) is 7.57. The normalized spacial score (nSPS) is 9.81. The van der Waals surface area contributed by atoms with E-state index in [9.17, 15) is 0 Å². The van der Waals surface area contributed by atoms with Crippen LogP contribution in [0.5, 0.6) is 5.75 Å². The van der Waals surface area contributed by atoms with Crippen molar-refractivity contribution < 1.29 is 57.9 Å². The SMILES string of the molecule is CCCCCCCCc1ccc(O)cc1.[H-].[K+]. The molecule has 1 rings (SSSR count). The van der Waals surface area contributed by atoms with Crippen molar-refractivity contribution in [3.05, 3.63) is 29.8 Å². The van der Waals surface area contributed by atoms with Crippen molar-refractivity contribution in [3.63, 3.8) is 0 Å². The molecule has 86 valence electrons. The largest absolute Gasteiger partial charge is 1.00 e. The Morgan fingerprint density at radius 1 is 0.938 bits per heavy atom. The van der Waals surface area contributed by atoms with Gasteiger partial charge in [-0.05, 0) is 30.5 Å². The molecule has 0 radical (unpaired) electrons. The van der Waals surface area contributed by atoms with Crippen LogP contribution in [0.15, 0.2) is 24.3 Å². The van der Waals surface area contributed by atoms with Crippen LogP contribution in [-0.2, 0) is 6.42 Å². The van der Waals surface area contributed by atoms with Crippen LogP contribution in [0.2, 0.25) is 0 Å². The first-order chi connectivity index (χ1) is 7.33. The van der Waals surface area contributed by atoms with E-state index in [-0.39, 0.29) is 52.8 Å². The molecule has 2 heteroatoms. The van der Waals surface area contributed by atoms with Crippen LogP contribution in [0.4, 0.5) is 0 Å². The van der Waals surface area contributed by atoms with Crippen LogP contribution in [0.1, 0.15) is 52.4 Å². The zero-order chi connectivity index (χ0) is 10.9. The van der Waals surface area contributed by atoms with Gasteiger partial charge in [0.25, 0.3) is 0 Å². The van der Waals surface area contributed by atoms with Gasteiger partial charge in [0, 0.05) is 0 Å². The standard InChI is InChI=1S/C14H22O.K.H/c1-2-3-4-5-6-7-8-13-9-11-14(15)12-10-13;;/h9-12,15H,2-8H2,1H3;;/q;+1;-1. The summed E-state index contributed by atoms with van der Waals surface area (Å²) in [6.45, 7) is 2.25. The number of rotatable bonds is 7. The van der Waals surface area contributed by atoms with Gasteiger partial charge in [-0.2, -0.15) is 0 Å². The van der Waals surface area contributed by atoms with Gasteiger partial charge >= 0.3 is 51.4 Å². The van der Waals surface area contributed by atoms with Gasteiger partial charge in [0.2, 0.25) is 0 Å². The first-order valence-electron chi connectivity index (χ1n) is 6.11. The quantitative estimate of drug-likeness (QED) is 0.570. The fourth-order valence-electron chi connectivity index (χ4n) is 1.77. The van der Waals surface area contributed by atoms with E-state index in [1.165, 1.54) is 44.1 Å². The van der Waals surface area contributed by atoms with Crippen molar-refractivity contribution in [2.75, 3.05) is 0 Å². The third-order valence-corrected chi connectivity index (χ3v) is 2.76. The van der Waals surface area contributed by atoms with E-state index in [0.717, 1.165) is 6.42 Å². The summed E-state index contributed by atoms with van der Waals surface area (Å²) in [5.41, 5.74) is 1.34. The molecule has 0 spiro atoms. The van der Waals surface area contributed by atoms with E-state index in [0.29, 0.717) is 5.75 Å². The third kappa shape index (κ3) is 7.85. The summed E-state index contributed by atoms with van der Waals surface area (Å²) in [5, 5.41) is 9.13. The Balaban J connectivity index is 0. The van der Waals surface area contributed by atoms with Gasteiger partial charge < -0.3 is 6.53 Å². The zero-order valence-electron chi connectivity index (χ0n) is 11.7. The molecule has 0 aliphatic carbocycles. The Labute approximate surface area is 144 Å². The molecule has 0 unspecified atom stereocenters. The molecule has 16 heavy (non-hydrogen) atoms. The molecule has 1 aromatic carbocycles. The average Bonchev–Trinajstić information content (AvgIpc) is 2.26. The van der Waals surface area contributed by atoms with Gasteiger partial charge in [-0.3, -0.25) is 0 Å². The Hall–Kier alpha value is 0.656.